The maximum absolute atomic E-state index is 11.6. The molecule has 0 heterocycles. The number of methoxy groups -OCH3 is 2. The highest BCUT2D eigenvalue weighted by atomic mass is 16.6. The molecule has 0 bridgehead atoms. The fourth-order valence-electron chi connectivity index (χ4n) is 2.07. The van der Waals surface area contributed by atoms with E-state index in [1.165, 1.54) is 0 Å². The number of ether oxygens (including phenoxy) is 4. The molecule has 0 amide bonds. The molecule has 1 aliphatic rings. The first-order chi connectivity index (χ1) is 9.65. The minimum Gasteiger partial charge on any atom is -0.493 e. The van der Waals surface area contributed by atoms with E-state index < -0.39 is 6.10 Å². The van der Waals surface area contributed by atoms with Gasteiger partial charge < -0.3 is 18.9 Å². The van der Waals surface area contributed by atoms with Gasteiger partial charge in [-0.3, -0.25) is 4.79 Å². The second-order valence-corrected chi connectivity index (χ2v) is 4.77. The number of hydrogen-bond donors (Lipinski definition) is 0. The molecule has 0 N–H and O–H groups in total. The van der Waals surface area contributed by atoms with Crippen molar-refractivity contribution in [3.8, 4) is 11.5 Å². The summed E-state index contributed by atoms with van der Waals surface area (Å²) in [5.41, 5.74) is 1.09. The molecule has 5 nitrogen and oxygen atoms in total. The molecule has 20 heavy (non-hydrogen) atoms. The molecular weight excluding hydrogens is 260 g/mol. The monoisotopic (exact) mass is 280 g/mol. The highest BCUT2D eigenvalue weighted by Gasteiger charge is 2.43. The summed E-state index contributed by atoms with van der Waals surface area (Å²) in [6, 6.07) is 5.69. The van der Waals surface area contributed by atoms with Crippen LogP contribution in [0.2, 0.25) is 0 Å². The Kier molecular flexibility index (Phi) is 4.98. The quantitative estimate of drug-likeness (QED) is 0.712. The van der Waals surface area contributed by atoms with Gasteiger partial charge in [-0.1, -0.05) is 6.07 Å². The average Bonchev–Trinajstić information content (AvgIpc) is 2.44. The van der Waals surface area contributed by atoms with Crippen molar-refractivity contribution in [2.24, 2.45) is 0 Å². The lowest BCUT2D eigenvalue weighted by Crippen LogP contribution is -2.52. The summed E-state index contributed by atoms with van der Waals surface area (Å²) in [7, 11) is 3.19. The number of hydrogen-bond acceptors (Lipinski definition) is 5. The van der Waals surface area contributed by atoms with Gasteiger partial charge in [0, 0.05) is 13.5 Å². The summed E-state index contributed by atoms with van der Waals surface area (Å²) in [4.78, 5) is 11.6. The third-order valence-corrected chi connectivity index (χ3v) is 3.24. The number of ketones is 1. The van der Waals surface area contributed by atoms with Gasteiger partial charge in [0.05, 0.1) is 20.3 Å². The minimum absolute atomic E-state index is 0.0668. The fourth-order valence-corrected chi connectivity index (χ4v) is 2.07. The molecule has 0 saturated heterocycles. The van der Waals surface area contributed by atoms with Crippen molar-refractivity contribution in [2.75, 3.05) is 27.4 Å². The van der Waals surface area contributed by atoms with E-state index in [4.69, 9.17) is 18.9 Å². The number of rotatable bonds is 7. The Morgan fingerprint density at radius 3 is 2.65 bits per heavy atom. The molecule has 0 radical (unpaired) electrons. The molecule has 5 heteroatoms. The van der Waals surface area contributed by atoms with Crippen LogP contribution in [-0.2, 0) is 14.3 Å². The van der Waals surface area contributed by atoms with Gasteiger partial charge in [0.1, 0.15) is 6.10 Å². The summed E-state index contributed by atoms with van der Waals surface area (Å²) in [6.07, 6.45) is -0.388. The van der Waals surface area contributed by atoms with E-state index in [-0.39, 0.29) is 11.9 Å². The number of carbonyl (C=O) groups is 1. The molecular formula is C15H20O5. The second-order valence-electron chi connectivity index (χ2n) is 4.77. The summed E-state index contributed by atoms with van der Waals surface area (Å²) < 4.78 is 21.5. The average molecular weight is 280 g/mol. The molecule has 1 saturated carbocycles. The Balaban J connectivity index is 1.97. The van der Waals surface area contributed by atoms with Crippen LogP contribution in [0.4, 0.5) is 0 Å². The molecule has 1 fully saturated rings. The van der Waals surface area contributed by atoms with Gasteiger partial charge in [0.15, 0.2) is 23.4 Å². The van der Waals surface area contributed by atoms with Crippen LogP contribution in [0.1, 0.15) is 12.0 Å². The van der Waals surface area contributed by atoms with Crippen LogP contribution in [0, 0.1) is 6.92 Å². The third-order valence-electron chi connectivity index (χ3n) is 3.24. The number of aryl methyl sites for hydroxylation is 1. The van der Waals surface area contributed by atoms with Gasteiger partial charge in [0.2, 0.25) is 0 Å². The zero-order chi connectivity index (χ0) is 14.5. The Morgan fingerprint density at radius 2 is 2.00 bits per heavy atom. The molecule has 1 aromatic carbocycles. The van der Waals surface area contributed by atoms with Crippen LogP contribution in [0.15, 0.2) is 18.2 Å². The standard InChI is InChI=1S/C15H20O5/c1-10-4-5-12(13(8-10)18-3)20-14-9-11(16)15(14)19-7-6-17-2/h4-5,8,14-15H,6-7,9H2,1-3H3. The maximum atomic E-state index is 11.6. The molecule has 1 aliphatic carbocycles. The maximum Gasteiger partial charge on any atom is 0.169 e. The molecule has 2 unspecified atom stereocenters. The third kappa shape index (κ3) is 3.29. The van der Waals surface area contributed by atoms with Gasteiger partial charge >= 0.3 is 0 Å². The zero-order valence-corrected chi connectivity index (χ0v) is 12.0. The van der Waals surface area contributed by atoms with Crippen LogP contribution < -0.4 is 9.47 Å². The predicted molar refractivity (Wildman–Crippen MR) is 73.4 cm³/mol. The number of carbonyl (C=O) groups excluding carboxylic acids is 1. The smallest absolute Gasteiger partial charge is 0.169 e. The lowest BCUT2D eigenvalue weighted by molar-refractivity contribution is -0.156. The van der Waals surface area contributed by atoms with E-state index >= 15 is 0 Å². The van der Waals surface area contributed by atoms with Crippen molar-refractivity contribution < 1.29 is 23.7 Å². The van der Waals surface area contributed by atoms with E-state index in [2.05, 4.69) is 0 Å². The second kappa shape index (κ2) is 6.72. The molecule has 1 aromatic rings. The van der Waals surface area contributed by atoms with Crippen molar-refractivity contribution in [2.45, 2.75) is 25.6 Å². The first-order valence-corrected chi connectivity index (χ1v) is 6.60. The van der Waals surface area contributed by atoms with E-state index in [1.807, 2.05) is 25.1 Å². The number of benzene rings is 1. The lowest BCUT2D eigenvalue weighted by atomic mass is 9.90. The predicted octanol–water partition coefficient (Wildman–Crippen LogP) is 1.76. The van der Waals surface area contributed by atoms with E-state index in [1.54, 1.807) is 14.2 Å². The van der Waals surface area contributed by atoms with Crippen molar-refractivity contribution in [3.63, 3.8) is 0 Å². The van der Waals surface area contributed by atoms with E-state index in [9.17, 15) is 4.79 Å². The van der Waals surface area contributed by atoms with Crippen molar-refractivity contribution >= 4 is 5.78 Å². The van der Waals surface area contributed by atoms with Gasteiger partial charge in [-0.05, 0) is 24.6 Å². The normalized spacial score (nSPS) is 21.4. The van der Waals surface area contributed by atoms with Crippen LogP contribution in [0.25, 0.3) is 0 Å². The minimum atomic E-state index is -0.504. The topological polar surface area (TPSA) is 54.0 Å². The summed E-state index contributed by atoms with van der Waals surface area (Å²) >= 11 is 0. The van der Waals surface area contributed by atoms with Gasteiger partial charge in [-0.25, -0.2) is 0 Å². The zero-order valence-electron chi connectivity index (χ0n) is 12.0. The Bertz CT molecular complexity index is 471. The molecule has 110 valence electrons. The number of Topliss-reactive ketones (excluding diaryl/α,β-unsaturated/α-hetero) is 1. The lowest BCUT2D eigenvalue weighted by Gasteiger charge is -2.34. The summed E-state index contributed by atoms with van der Waals surface area (Å²) in [5, 5.41) is 0. The van der Waals surface area contributed by atoms with Crippen LogP contribution >= 0.6 is 0 Å². The SMILES string of the molecule is COCCOC1C(=O)CC1Oc1ccc(C)cc1OC. The van der Waals surface area contributed by atoms with E-state index in [0.717, 1.165) is 5.56 Å². The summed E-state index contributed by atoms with van der Waals surface area (Å²) in [6.45, 7) is 2.83. The van der Waals surface area contributed by atoms with Crippen LogP contribution in [-0.4, -0.2) is 45.4 Å². The first-order valence-electron chi connectivity index (χ1n) is 6.60. The van der Waals surface area contributed by atoms with Crippen molar-refractivity contribution in [3.05, 3.63) is 23.8 Å². The van der Waals surface area contributed by atoms with E-state index in [0.29, 0.717) is 31.1 Å². The van der Waals surface area contributed by atoms with Gasteiger partial charge in [0.25, 0.3) is 0 Å². The molecule has 2 atom stereocenters. The van der Waals surface area contributed by atoms with Crippen LogP contribution in [0.3, 0.4) is 0 Å². The Morgan fingerprint density at radius 1 is 1.20 bits per heavy atom. The van der Waals surface area contributed by atoms with Gasteiger partial charge in [-0.15, -0.1) is 0 Å². The largest absolute Gasteiger partial charge is 0.493 e. The highest BCUT2D eigenvalue weighted by molar-refractivity contribution is 5.90. The van der Waals surface area contributed by atoms with Gasteiger partial charge in [-0.2, -0.15) is 0 Å². The fraction of sp³-hybridized carbons (Fsp3) is 0.533. The molecule has 2 rings (SSSR count). The highest BCUT2D eigenvalue weighted by Crippen LogP contribution is 2.32. The van der Waals surface area contributed by atoms with Crippen molar-refractivity contribution in [1.29, 1.82) is 0 Å². The first kappa shape index (κ1) is 14.8. The molecule has 0 aliphatic heterocycles. The Labute approximate surface area is 118 Å². The Hall–Kier alpha value is -1.59. The van der Waals surface area contributed by atoms with Crippen LogP contribution in [0.5, 0.6) is 11.5 Å². The summed E-state index contributed by atoms with van der Waals surface area (Å²) in [5.74, 6) is 1.37. The molecule has 0 spiro atoms. The molecule has 0 aromatic heterocycles. The van der Waals surface area contributed by atoms with Crippen molar-refractivity contribution in [1.82, 2.24) is 0 Å².